The number of rotatable bonds is 4. The molecule has 0 heterocycles. The number of methoxy groups -OCH3 is 2. The number of ether oxygens (including phenoxy) is 2. The van der Waals surface area contributed by atoms with Gasteiger partial charge in [-0.25, -0.2) is 0 Å². The molecule has 0 aromatic heterocycles. The molecule has 1 aliphatic rings. The second-order valence-electron chi connectivity index (χ2n) is 5.02. The summed E-state index contributed by atoms with van der Waals surface area (Å²) in [6.07, 6.45) is 2.66. The van der Waals surface area contributed by atoms with Crippen LogP contribution >= 0.6 is 0 Å². The monoisotopic (exact) mass is 261 g/mol. The van der Waals surface area contributed by atoms with Crippen molar-refractivity contribution in [1.82, 2.24) is 0 Å². The van der Waals surface area contributed by atoms with E-state index in [0.717, 1.165) is 25.7 Å². The third-order valence-electron chi connectivity index (χ3n) is 3.93. The van der Waals surface area contributed by atoms with Crippen LogP contribution in [0.15, 0.2) is 18.2 Å². The van der Waals surface area contributed by atoms with Crippen molar-refractivity contribution in [1.29, 1.82) is 5.26 Å². The Morgan fingerprint density at radius 1 is 1.16 bits per heavy atom. The fourth-order valence-corrected chi connectivity index (χ4v) is 2.76. The SMILES string of the molecule is COc1cc(OC)cc(C(O)C2(C#N)CCCC2)c1. The maximum absolute atomic E-state index is 10.6. The topological polar surface area (TPSA) is 62.5 Å². The molecule has 102 valence electrons. The molecule has 0 bridgehead atoms. The zero-order valence-corrected chi connectivity index (χ0v) is 11.3. The summed E-state index contributed by atoms with van der Waals surface area (Å²) in [5, 5.41) is 20.0. The van der Waals surface area contributed by atoms with Crippen LogP contribution in [0.25, 0.3) is 0 Å². The van der Waals surface area contributed by atoms with Crippen molar-refractivity contribution in [3.8, 4) is 17.6 Å². The molecular formula is C15H19NO3. The summed E-state index contributed by atoms with van der Waals surface area (Å²) in [5.41, 5.74) is 0.0110. The van der Waals surface area contributed by atoms with Crippen molar-refractivity contribution in [3.05, 3.63) is 23.8 Å². The Kier molecular flexibility index (Phi) is 3.96. The molecule has 19 heavy (non-hydrogen) atoms. The van der Waals surface area contributed by atoms with E-state index in [1.54, 1.807) is 32.4 Å². The van der Waals surface area contributed by atoms with Gasteiger partial charge in [-0.05, 0) is 30.5 Å². The van der Waals surface area contributed by atoms with Gasteiger partial charge in [0.05, 0.1) is 31.8 Å². The summed E-state index contributed by atoms with van der Waals surface area (Å²) in [4.78, 5) is 0. The fourth-order valence-electron chi connectivity index (χ4n) is 2.76. The lowest BCUT2D eigenvalue weighted by atomic mass is 9.78. The molecule has 4 heteroatoms. The zero-order chi connectivity index (χ0) is 13.9. The predicted octanol–water partition coefficient (Wildman–Crippen LogP) is 2.82. The number of nitrogens with zero attached hydrogens (tertiary/aromatic N) is 1. The summed E-state index contributed by atoms with van der Waals surface area (Å²) < 4.78 is 10.4. The van der Waals surface area contributed by atoms with Crippen LogP contribution in [0.1, 0.15) is 37.4 Å². The van der Waals surface area contributed by atoms with Gasteiger partial charge in [-0.1, -0.05) is 12.8 Å². The van der Waals surface area contributed by atoms with Gasteiger partial charge in [0.2, 0.25) is 0 Å². The summed E-state index contributed by atoms with van der Waals surface area (Å²) >= 11 is 0. The molecule has 1 atom stereocenters. The van der Waals surface area contributed by atoms with Crippen molar-refractivity contribution in [2.24, 2.45) is 5.41 Å². The third-order valence-corrected chi connectivity index (χ3v) is 3.93. The fraction of sp³-hybridized carbons (Fsp3) is 0.533. The van der Waals surface area contributed by atoms with E-state index in [4.69, 9.17) is 9.47 Å². The lowest BCUT2D eigenvalue weighted by molar-refractivity contribution is 0.0667. The minimum absolute atomic E-state index is 0.625. The molecule has 0 radical (unpaired) electrons. The normalized spacial score (nSPS) is 18.6. The van der Waals surface area contributed by atoms with Gasteiger partial charge in [0, 0.05) is 6.07 Å². The maximum Gasteiger partial charge on any atom is 0.122 e. The molecule has 0 amide bonds. The molecule has 1 unspecified atom stereocenters. The van der Waals surface area contributed by atoms with Crippen molar-refractivity contribution in [2.45, 2.75) is 31.8 Å². The van der Waals surface area contributed by atoms with E-state index in [1.807, 2.05) is 0 Å². The molecule has 1 saturated carbocycles. The molecule has 1 aliphatic carbocycles. The molecular weight excluding hydrogens is 242 g/mol. The minimum atomic E-state index is -0.802. The number of aliphatic hydroxyl groups is 1. The molecule has 0 saturated heterocycles. The van der Waals surface area contributed by atoms with Gasteiger partial charge < -0.3 is 14.6 Å². The summed E-state index contributed by atoms with van der Waals surface area (Å²) in [6.45, 7) is 0. The van der Waals surface area contributed by atoms with Gasteiger partial charge in [0.1, 0.15) is 11.5 Å². The highest BCUT2D eigenvalue weighted by Crippen LogP contribution is 2.48. The Morgan fingerprint density at radius 2 is 1.68 bits per heavy atom. The van der Waals surface area contributed by atoms with E-state index in [2.05, 4.69) is 6.07 Å². The van der Waals surface area contributed by atoms with Crippen LogP contribution in [0.4, 0.5) is 0 Å². The van der Waals surface area contributed by atoms with E-state index in [1.165, 1.54) is 0 Å². The summed E-state index contributed by atoms with van der Waals surface area (Å²) in [5.74, 6) is 1.25. The van der Waals surface area contributed by atoms with Crippen LogP contribution in [0.5, 0.6) is 11.5 Å². The van der Waals surface area contributed by atoms with Crippen molar-refractivity contribution >= 4 is 0 Å². The molecule has 0 spiro atoms. The quantitative estimate of drug-likeness (QED) is 0.905. The Labute approximate surface area is 113 Å². The van der Waals surface area contributed by atoms with Crippen molar-refractivity contribution < 1.29 is 14.6 Å². The van der Waals surface area contributed by atoms with Gasteiger partial charge >= 0.3 is 0 Å². The molecule has 0 aliphatic heterocycles. The van der Waals surface area contributed by atoms with Gasteiger partial charge in [0.15, 0.2) is 0 Å². The first-order chi connectivity index (χ1) is 9.15. The molecule has 4 nitrogen and oxygen atoms in total. The lowest BCUT2D eigenvalue weighted by Gasteiger charge is -2.27. The Morgan fingerprint density at radius 3 is 2.11 bits per heavy atom. The van der Waals surface area contributed by atoms with Crippen LogP contribution in [-0.4, -0.2) is 19.3 Å². The minimum Gasteiger partial charge on any atom is -0.497 e. The number of aliphatic hydroxyl groups excluding tert-OH is 1. The third kappa shape index (κ3) is 2.52. The molecule has 1 N–H and O–H groups in total. The largest absolute Gasteiger partial charge is 0.497 e. The summed E-state index contributed by atoms with van der Waals surface area (Å²) in [7, 11) is 3.14. The average Bonchev–Trinajstić information content (AvgIpc) is 2.95. The van der Waals surface area contributed by atoms with Crippen LogP contribution < -0.4 is 9.47 Å². The number of benzene rings is 1. The Balaban J connectivity index is 2.37. The van der Waals surface area contributed by atoms with Crippen molar-refractivity contribution in [2.75, 3.05) is 14.2 Å². The highest BCUT2D eigenvalue weighted by Gasteiger charge is 2.42. The first-order valence-electron chi connectivity index (χ1n) is 6.47. The lowest BCUT2D eigenvalue weighted by Crippen LogP contribution is -2.24. The second-order valence-corrected chi connectivity index (χ2v) is 5.02. The van der Waals surface area contributed by atoms with Crippen LogP contribution in [0.2, 0.25) is 0 Å². The Hall–Kier alpha value is -1.73. The predicted molar refractivity (Wildman–Crippen MR) is 71.0 cm³/mol. The van der Waals surface area contributed by atoms with E-state index in [0.29, 0.717) is 17.1 Å². The molecule has 1 fully saturated rings. The van der Waals surface area contributed by atoms with Crippen molar-refractivity contribution in [3.63, 3.8) is 0 Å². The smallest absolute Gasteiger partial charge is 0.122 e. The van der Waals surface area contributed by atoms with E-state index >= 15 is 0 Å². The van der Waals surface area contributed by atoms with Crippen LogP contribution in [0.3, 0.4) is 0 Å². The highest BCUT2D eigenvalue weighted by atomic mass is 16.5. The number of hydrogen-bond donors (Lipinski definition) is 1. The van der Waals surface area contributed by atoms with E-state index < -0.39 is 11.5 Å². The van der Waals surface area contributed by atoms with Crippen LogP contribution in [0, 0.1) is 16.7 Å². The maximum atomic E-state index is 10.6. The van der Waals surface area contributed by atoms with Gasteiger partial charge in [-0.15, -0.1) is 0 Å². The summed E-state index contributed by atoms with van der Waals surface area (Å²) in [6, 6.07) is 7.61. The number of hydrogen-bond acceptors (Lipinski definition) is 4. The van der Waals surface area contributed by atoms with E-state index in [-0.39, 0.29) is 0 Å². The second kappa shape index (κ2) is 5.50. The van der Waals surface area contributed by atoms with Gasteiger partial charge in [0.25, 0.3) is 0 Å². The molecule has 1 aromatic rings. The highest BCUT2D eigenvalue weighted by molar-refractivity contribution is 5.40. The van der Waals surface area contributed by atoms with Crippen LogP contribution in [-0.2, 0) is 0 Å². The molecule has 2 rings (SSSR count). The molecule has 1 aromatic carbocycles. The van der Waals surface area contributed by atoms with E-state index in [9.17, 15) is 10.4 Å². The average molecular weight is 261 g/mol. The number of nitriles is 1. The Bertz CT molecular complexity index is 464. The first-order valence-corrected chi connectivity index (χ1v) is 6.47. The van der Waals surface area contributed by atoms with Gasteiger partial charge in [-0.3, -0.25) is 0 Å². The zero-order valence-electron chi connectivity index (χ0n) is 11.3. The van der Waals surface area contributed by atoms with Gasteiger partial charge in [-0.2, -0.15) is 5.26 Å². The standard InChI is InChI=1S/C15H19NO3/c1-18-12-7-11(8-13(9-12)19-2)14(17)15(10-16)5-3-4-6-15/h7-9,14,17H,3-6H2,1-2H3. The first kappa shape index (κ1) is 13.7.